The number of aliphatic hydroxyl groups excluding tert-OH is 4. The summed E-state index contributed by atoms with van der Waals surface area (Å²) in [4.78, 5) is 110. The Morgan fingerprint density at radius 3 is 0.450 bits per heavy atom. The number of hydrogen-bond acceptors (Lipinski definition) is 20. The molecule has 344 valence electrons. The van der Waals surface area contributed by atoms with Gasteiger partial charge in [-0.25, -0.2) is 0 Å². The number of alkyl halides is 12. The fourth-order valence-corrected chi connectivity index (χ4v) is 13.0. The summed E-state index contributed by atoms with van der Waals surface area (Å²) in [7, 11) is -42.7. The monoisotopic (exact) mass is 1320 g/mol. The molecule has 0 amide bonds. The van der Waals surface area contributed by atoms with Gasteiger partial charge in [0.1, 0.15) is 0 Å². The standard InChI is InChI=1S/4C2H5Cl3O7P2.4Na/c4*3-2(4,5)12-14(10,11)1(6)13(7,8)9;;;;/h4*1,6H,(H,10,11)(H2,7,8,9);;;;/q;;;;4*+1/p-4. The van der Waals surface area contributed by atoms with Gasteiger partial charge >= 0.3 is 165 Å². The Morgan fingerprint density at radius 2 is 0.400 bits per heavy atom. The van der Waals surface area contributed by atoms with Gasteiger partial charge < -0.3 is 97.4 Å². The van der Waals surface area contributed by atoms with E-state index in [2.05, 4.69) is 18.1 Å². The van der Waals surface area contributed by atoms with Crippen LogP contribution in [0, 0.1) is 0 Å². The largest absolute Gasteiger partial charge is 1.00 e. The third-order valence-electron chi connectivity index (χ3n) is 3.26. The van der Waals surface area contributed by atoms with Crippen molar-refractivity contribution in [1.82, 2.24) is 0 Å². The van der Waals surface area contributed by atoms with Gasteiger partial charge in [0.2, 0.25) is 22.3 Å². The number of rotatable bonds is 12. The molecule has 0 aromatic carbocycles. The van der Waals surface area contributed by atoms with E-state index < -0.39 is 99.0 Å². The van der Waals surface area contributed by atoms with Crippen molar-refractivity contribution in [3.63, 3.8) is 0 Å². The van der Waals surface area contributed by atoms with Gasteiger partial charge in [-0.05, 0) is 0 Å². The van der Waals surface area contributed by atoms with Crippen molar-refractivity contribution in [1.29, 1.82) is 0 Å². The molecule has 0 spiro atoms. The molecule has 0 aliphatic carbocycles. The molecular weight excluding hydrogens is 1310 g/mol. The zero-order chi connectivity index (χ0) is 47.1. The summed E-state index contributed by atoms with van der Waals surface area (Å²) in [6.45, 7) is 0. The molecule has 0 saturated heterocycles. The van der Waals surface area contributed by atoms with Crippen molar-refractivity contribution in [2.24, 2.45) is 0 Å². The van der Waals surface area contributed by atoms with Crippen LogP contribution in [0.5, 0.6) is 0 Å². The number of halogens is 12. The van der Waals surface area contributed by atoms with Crippen LogP contribution in [0.4, 0.5) is 0 Å². The van der Waals surface area contributed by atoms with Crippen LogP contribution in [0.15, 0.2) is 0 Å². The maximum Gasteiger partial charge on any atom is 1.00 e. The van der Waals surface area contributed by atoms with E-state index in [1.165, 1.54) is 0 Å². The first kappa shape index (κ1) is 85.3. The molecule has 12 N–H and O–H groups in total. The van der Waals surface area contributed by atoms with Crippen LogP contribution in [0.3, 0.4) is 0 Å². The summed E-state index contributed by atoms with van der Waals surface area (Å²) in [6.07, 6.45) is 0. The van der Waals surface area contributed by atoms with E-state index in [-0.39, 0.29) is 118 Å². The molecular formula is C8H16Cl12Na4O28P8. The normalized spacial score (nSPS) is 18.9. The molecule has 0 fully saturated rings. The summed E-state index contributed by atoms with van der Waals surface area (Å²) in [5.41, 5.74) is -12.3. The molecule has 0 rings (SSSR count). The van der Waals surface area contributed by atoms with Gasteiger partial charge in [-0.1, -0.05) is 139 Å². The van der Waals surface area contributed by atoms with E-state index in [9.17, 15) is 56.1 Å². The molecule has 28 nitrogen and oxygen atoms in total. The van der Waals surface area contributed by atoms with Crippen molar-refractivity contribution >= 4 is 200 Å². The number of hydrogen-bond donors (Lipinski definition) is 12. The summed E-state index contributed by atoms with van der Waals surface area (Å²) < 4.78 is 88.3. The second-order valence-electron chi connectivity index (χ2n) is 8.05. The predicted molar refractivity (Wildman–Crippen MR) is 188 cm³/mol. The minimum Gasteiger partial charge on any atom is -0.776 e. The first-order chi connectivity index (χ1) is 23.4. The Labute approximate surface area is 482 Å². The SMILES string of the molecule is O=P(O)(O)C(O)P(=O)([O-])OC(Cl)(Cl)Cl.O=P(O)(O)C(O)P(=O)([O-])OC(Cl)(Cl)Cl.O=P(O)(O)C(O)P(=O)([O-])OC(Cl)(Cl)Cl.O=P(O)(O)C(O)P(=O)([O-])OC(Cl)(Cl)Cl.[Na+].[Na+].[Na+].[Na+]. The van der Waals surface area contributed by atoms with Crippen molar-refractivity contribution in [2.45, 2.75) is 38.3 Å². The van der Waals surface area contributed by atoms with Crippen molar-refractivity contribution < 1.29 is 252 Å². The molecule has 0 bridgehead atoms. The summed E-state index contributed by atoms with van der Waals surface area (Å²) >= 11 is 58.6. The van der Waals surface area contributed by atoms with Gasteiger partial charge in [-0.2, -0.15) is 0 Å². The summed E-state index contributed by atoms with van der Waals surface area (Å²) in [5.74, 6) is 0. The average Bonchev–Trinajstić information content (AvgIpc) is 2.80. The fourth-order valence-electron chi connectivity index (χ4n) is 1.50. The van der Waals surface area contributed by atoms with Crippen LogP contribution >= 0.6 is 200 Å². The van der Waals surface area contributed by atoms with E-state index in [1.54, 1.807) is 0 Å². The minimum atomic E-state index is -5.38. The molecule has 8 atom stereocenters. The zero-order valence-corrected chi connectivity index (χ0v) is 52.5. The van der Waals surface area contributed by atoms with Crippen LogP contribution in [0.25, 0.3) is 0 Å². The first-order valence-electron chi connectivity index (χ1n) is 10.7. The van der Waals surface area contributed by atoms with Crippen molar-refractivity contribution in [3.8, 4) is 0 Å². The molecule has 52 heteroatoms. The second-order valence-corrected chi connectivity index (χ2v) is 32.1. The van der Waals surface area contributed by atoms with E-state index in [4.69, 9.17) is 199 Å². The summed E-state index contributed by atoms with van der Waals surface area (Å²) in [6, 6.07) is 0. The predicted octanol–water partition coefficient (Wildman–Crippen LogP) is -10.6. The Morgan fingerprint density at radius 1 is 0.317 bits per heavy atom. The van der Waals surface area contributed by atoms with E-state index in [0.29, 0.717) is 0 Å². The average molecular weight is 1330 g/mol. The quantitative estimate of drug-likeness (QED) is 0.0490. The Hall–Kier alpha value is 8.52. The maximum atomic E-state index is 10.8. The smallest absolute Gasteiger partial charge is 0.776 e. The van der Waals surface area contributed by atoms with Gasteiger partial charge in [0.25, 0.3) is 0 Å². The van der Waals surface area contributed by atoms with Gasteiger partial charge in [0, 0.05) is 0 Å². The Kier molecular flexibility index (Phi) is 45.6. The molecule has 0 aliphatic heterocycles. The molecule has 0 saturated carbocycles. The molecule has 8 unspecified atom stereocenters. The van der Waals surface area contributed by atoms with Crippen LogP contribution in [-0.2, 0) is 54.6 Å². The van der Waals surface area contributed by atoms with Crippen LogP contribution in [0.1, 0.15) is 0 Å². The van der Waals surface area contributed by atoms with Crippen LogP contribution in [-0.4, -0.2) is 97.8 Å². The first-order valence-corrected chi connectivity index (χ1v) is 28.4. The van der Waals surface area contributed by atoms with Crippen LogP contribution < -0.4 is 138 Å². The second kappa shape index (κ2) is 32.1. The van der Waals surface area contributed by atoms with E-state index in [1.807, 2.05) is 0 Å². The Balaban J connectivity index is -0.0000000980. The molecule has 0 heterocycles. The van der Waals surface area contributed by atoms with Gasteiger partial charge in [0.05, 0.1) is 0 Å². The fraction of sp³-hybridized carbons (Fsp3) is 1.00. The zero-order valence-electron chi connectivity index (χ0n) is 28.3. The molecule has 0 aromatic heterocycles. The number of aliphatic hydroxyl groups is 4. The molecule has 0 radical (unpaired) electrons. The maximum absolute atomic E-state index is 10.8. The van der Waals surface area contributed by atoms with E-state index in [0.717, 1.165) is 0 Å². The molecule has 60 heavy (non-hydrogen) atoms. The van der Waals surface area contributed by atoms with Crippen molar-refractivity contribution in [3.05, 3.63) is 0 Å². The summed E-state index contributed by atoms with van der Waals surface area (Å²) in [5, 5.41) is 34.5. The van der Waals surface area contributed by atoms with Gasteiger partial charge in [0.15, 0.2) is 30.4 Å². The van der Waals surface area contributed by atoms with Crippen molar-refractivity contribution in [2.75, 3.05) is 0 Å². The van der Waals surface area contributed by atoms with Gasteiger partial charge in [-0.15, -0.1) is 0 Å². The minimum absolute atomic E-state index is 0. The molecule has 0 aliphatic rings. The van der Waals surface area contributed by atoms with Crippen LogP contribution in [0.2, 0.25) is 0 Å². The Bertz CT molecular complexity index is 1430. The molecule has 0 aromatic rings. The topological polar surface area (TPSA) is 508 Å². The third kappa shape index (κ3) is 44.0. The van der Waals surface area contributed by atoms with Gasteiger partial charge in [-0.3, -0.25) is 36.4 Å². The van der Waals surface area contributed by atoms with E-state index >= 15 is 0 Å². The third-order valence-corrected chi connectivity index (χ3v) is 19.3.